The van der Waals surface area contributed by atoms with E-state index in [0.717, 1.165) is 44.2 Å². The molecule has 0 saturated carbocycles. The summed E-state index contributed by atoms with van der Waals surface area (Å²) < 4.78 is 5.80. The molecule has 1 atom stereocenters. The predicted molar refractivity (Wildman–Crippen MR) is 103 cm³/mol. The Morgan fingerprint density at radius 1 is 1.25 bits per heavy atom. The number of rotatable bonds is 10. The lowest BCUT2D eigenvalue weighted by Gasteiger charge is -2.23. The summed E-state index contributed by atoms with van der Waals surface area (Å²) in [5.74, 6) is 1.97. The highest BCUT2D eigenvalue weighted by atomic mass is 32.2. The van der Waals surface area contributed by atoms with Crippen molar-refractivity contribution in [2.75, 3.05) is 44.8 Å². The molecule has 1 heterocycles. The predicted octanol–water partition coefficient (Wildman–Crippen LogP) is 2.75. The Morgan fingerprint density at radius 3 is 2.79 bits per heavy atom. The highest BCUT2D eigenvalue weighted by molar-refractivity contribution is 7.98. The molecule has 5 heteroatoms. The molecular formula is C19H32N2O2S. The van der Waals surface area contributed by atoms with Gasteiger partial charge in [0.05, 0.1) is 0 Å². The van der Waals surface area contributed by atoms with Gasteiger partial charge in [-0.05, 0) is 49.9 Å². The third kappa shape index (κ3) is 7.88. The van der Waals surface area contributed by atoms with E-state index < -0.39 is 6.10 Å². The fraction of sp³-hybridized carbons (Fsp3) is 0.684. The van der Waals surface area contributed by atoms with E-state index in [1.54, 1.807) is 0 Å². The first-order chi connectivity index (χ1) is 11.8. The maximum atomic E-state index is 10.2. The molecule has 0 aromatic heterocycles. The number of ether oxygens (including phenoxy) is 1. The lowest BCUT2D eigenvalue weighted by Crippen LogP contribution is -2.36. The summed E-state index contributed by atoms with van der Waals surface area (Å²) in [7, 11) is 0. The zero-order valence-electron chi connectivity index (χ0n) is 14.9. The quantitative estimate of drug-likeness (QED) is 0.634. The average molecular weight is 353 g/mol. The van der Waals surface area contributed by atoms with Crippen LogP contribution < -0.4 is 10.1 Å². The van der Waals surface area contributed by atoms with Gasteiger partial charge in [0.25, 0.3) is 0 Å². The molecular weight excluding hydrogens is 320 g/mol. The van der Waals surface area contributed by atoms with E-state index in [1.807, 2.05) is 23.9 Å². The first-order valence-electron chi connectivity index (χ1n) is 9.10. The SMILES string of the molecule is CSCCNCc1cccc(OC[C@H](O)CN2CCCCCC2)c1. The largest absolute Gasteiger partial charge is 0.491 e. The molecule has 1 aliphatic rings. The number of benzene rings is 1. The number of thioether (sulfide) groups is 1. The minimum Gasteiger partial charge on any atom is -0.491 e. The molecule has 0 unspecified atom stereocenters. The van der Waals surface area contributed by atoms with E-state index in [4.69, 9.17) is 4.74 Å². The monoisotopic (exact) mass is 352 g/mol. The number of nitrogens with one attached hydrogen (secondary N) is 1. The smallest absolute Gasteiger partial charge is 0.119 e. The van der Waals surface area contributed by atoms with Gasteiger partial charge in [-0.15, -0.1) is 0 Å². The molecule has 136 valence electrons. The standard InChI is InChI=1S/C19H32N2O2S/c1-24-12-9-20-14-17-7-6-8-19(13-17)23-16-18(22)15-21-10-4-2-3-5-11-21/h6-8,13,18,20,22H,2-5,9-12,14-16H2,1H3/t18-/m1/s1. The highest BCUT2D eigenvalue weighted by Gasteiger charge is 2.14. The van der Waals surface area contributed by atoms with Gasteiger partial charge in [-0.3, -0.25) is 0 Å². The number of hydrogen-bond acceptors (Lipinski definition) is 5. The van der Waals surface area contributed by atoms with Crippen LogP contribution in [0.15, 0.2) is 24.3 Å². The Labute approximate surface area is 151 Å². The average Bonchev–Trinajstić information content (AvgIpc) is 2.86. The molecule has 24 heavy (non-hydrogen) atoms. The molecule has 0 amide bonds. The zero-order chi connectivity index (χ0) is 17.0. The van der Waals surface area contributed by atoms with Crippen molar-refractivity contribution in [1.29, 1.82) is 0 Å². The van der Waals surface area contributed by atoms with Crippen LogP contribution in [0.3, 0.4) is 0 Å². The van der Waals surface area contributed by atoms with Crippen LogP contribution >= 0.6 is 11.8 Å². The fourth-order valence-corrected chi connectivity index (χ4v) is 3.36. The molecule has 1 aromatic carbocycles. The van der Waals surface area contributed by atoms with Gasteiger partial charge in [-0.2, -0.15) is 11.8 Å². The number of likely N-dealkylation sites (tertiary alicyclic amines) is 1. The highest BCUT2D eigenvalue weighted by Crippen LogP contribution is 2.14. The van der Waals surface area contributed by atoms with Gasteiger partial charge in [-0.1, -0.05) is 25.0 Å². The van der Waals surface area contributed by atoms with Crippen LogP contribution in [0, 0.1) is 0 Å². The van der Waals surface area contributed by atoms with Crippen LogP contribution in [-0.4, -0.2) is 60.9 Å². The molecule has 2 N–H and O–H groups in total. The summed E-state index contributed by atoms with van der Waals surface area (Å²) in [6, 6.07) is 8.14. The van der Waals surface area contributed by atoms with Crippen molar-refractivity contribution < 1.29 is 9.84 Å². The van der Waals surface area contributed by atoms with Gasteiger partial charge in [0.1, 0.15) is 18.5 Å². The maximum Gasteiger partial charge on any atom is 0.119 e. The minimum atomic E-state index is -0.425. The Kier molecular flexibility index (Phi) is 9.58. The molecule has 0 radical (unpaired) electrons. The molecule has 1 aliphatic heterocycles. The third-order valence-electron chi connectivity index (χ3n) is 4.32. The minimum absolute atomic E-state index is 0.361. The van der Waals surface area contributed by atoms with Crippen LogP contribution in [0.25, 0.3) is 0 Å². The zero-order valence-corrected chi connectivity index (χ0v) is 15.7. The van der Waals surface area contributed by atoms with E-state index in [2.05, 4.69) is 28.6 Å². The van der Waals surface area contributed by atoms with Crippen LogP contribution in [0.5, 0.6) is 5.75 Å². The van der Waals surface area contributed by atoms with Crippen molar-refractivity contribution in [3.8, 4) is 5.75 Å². The lowest BCUT2D eigenvalue weighted by atomic mass is 10.2. The number of β-amino-alcohol motifs (C(OH)–C–C–N with tert-alkyl or cyclic N) is 1. The second-order valence-electron chi connectivity index (χ2n) is 6.50. The number of aliphatic hydroxyl groups excluding tert-OH is 1. The molecule has 1 fully saturated rings. The van der Waals surface area contributed by atoms with Crippen molar-refractivity contribution in [3.63, 3.8) is 0 Å². The van der Waals surface area contributed by atoms with Gasteiger partial charge in [-0.25, -0.2) is 0 Å². The van der Waals surface area contributed by atoms with E-state index in [1.165, 1.54) is 31.2 Å². The van der Waals surface area contributed by atoms with Crippen LogP contribution in [0.2, 0.25) is 0 Å². The first kappa shape index (κ1) is 19.6. The van der Waals surface area contributed by atoms with Crippen molar-refractivity contribution in [3.05, 3.63) is 29.8 Å². The molecule has 1 aromatic rings. The number of hydrogen-bond donors (Lipinski definition) is 2. The molecule has 0 aliphatic carbocycles. The van der Waals surface area contributed by atoms with Crippen molar-refractivity contribution in [2.45, 2.75) is 38.3 Å². The Balaban J connectivity index is 1.70. The summed E-state index contributed by atoms with van der Waals surface area (Å²) >= 11 is 1.85. The topological polar surface area (TPSA) is 44.7 Å². The summed E-state index contributed by atoms with van der Waals surface area (Å²) in [6.07, 6.45) is 6.83. The molecule has 4 nitrogen and oxygen atoms in total. The maximum absolute atomic E-state index is 10.2. The summed E-state index contributed by atoms with van der Waals surface area (Å²) in [4.78, 5) is 2.37. The Hall–Kier alpha value is -0.750. The number of nitrogens with zero attached hydrogens (tertiary/aromatic N) is 1. The normalized spacial score (nSPS) is 17.4. The third-order valence-corrected chi connectivity index (χ3v) is 4.93. The van der Waals surface area contributed by atoms with Crippen molar-refractivity contribution >= 4 is 11.8 Å². The van der Waals surface area contributed by atoms with Gasteiger partial charge in [0, 0.05) is 25.4 Å². The van der Waals surface area contributed by atoms with E-state index in [-0.39, 0.29) is 0 Å². The summed E-state index contributed by atoms with van der Waals surface area (Å²) in [5.41, 5.74) is 1.22. The van der Waals surface area contributed by atoms with Crippen molar-refractivity contribution in [1.82, 2.24) is 10.2 Å². The molecule has 0 bridgehead atoms. The molecule has 1 saturated heterocycles. The molecule has 0 spiro atoms. The van der Waals surface area contributed by atoms with Gasteiger partial charge >= 0.3 is 0 Å². The Bertz CT molecular complexity index is 451. The van der Waals surface area contributed by atoms with Crippen molar-refractivity contribution in [2.24, 2.45) is 0 Å². The lowest BCUT2D eigenvalue weighted by molar-refractivity contribution is 0.0693. The van der Waals surface area contributed by atoms with E-state index >= 15 is 0 Å². The summed E-state index contributed by atoms with van der Waals surface area (Å²) in [5, 5.41) is 13.7. The van der Waals surface area contributed by atoms with Crippen LogP contribution in [0.4, 0.5) is 0 Å². The first-order valence-corrected chi connectivity index (χ1v) is 10.5. The fourth-order valence-electron chi connectivity index (χ4n) is 3.01. The molecule has 2 rings (SSSR count). The Morgan fingerprint density at radius 2 is 2.04 bits per heavy atom. The van der Waals surface area contributed by atoms with Crippen LogP contribution in [0.1, 0.15) is 31.2 Å². The van der Waals surface area contributed by atoms with Gasteiger partial charge in [0.2, 0.25) is 0 Å². The van der Waals surface area contributed by atoms with E-state index in [9.17, 15) is 5.11 Å². The second kappa shape index (κ2) is 11.7. The van der Waals surface area contributed by atoms with Gasteiger partial charge in [0.15, 0.2) is 0 Å². The van der Waals surface area contributed by atoms with E-state index in [0.29, 0.717) is 6.61 Å². The second-order valence-corrected chi connectivity index (χ2v) is 7.48. The van der Waals surface area contributed by atoms with Gasteiger partial charge < -0.3 is 20.1 Å². The van der Waals surface area contributed by atoms with Crippen LogP contribution in [-0.2, 0) is 6.54 Å². The number of aliphatic hydroxyl groups is 1. The summed E-state index contributed by atoms with van der Waals surface area (Å²) in [6.45, 7) is 5.16.